The number of hydrogen-bond acceptors (Lipinski definition) is 4. The van der Waals surface area contributed by atoms with Crippen LogP contribution in [-0.4, -0.2) is 22.4 Å². The van der Waals surface area contributed by atoms with E-state index in [4.69, 9.17) is 21.2 Å². The van der Waals surface area contributed by atoms with Gasteiger partial charge in [-0.2, -0.15) is 0 Å². The van der Waals surface area contributed by atoms with Crippen LogP contribution < -0.4 is 4.74 Å². The van der Waals surface area contributed by atoms with Crippen LogP contribution >= 0.6 is 11.6 Å². The molecule has 134 valence electrons. The second-order valence-electron chi connectivity index (χ2n) is 5.84. The highest BCUT2D eigenvalue weighted by Gasteiger charge is 2.17. The summed E-state index contributed by atoms with van der Waals surface area (Å²) in [7, 11) is 3.45. The van der Waals surface area contributed by atoms with Gasteiger partial charge in [0.2, 0.25) is 0 Å². The first-order valence-corrected chi connectivity index (χ1v) is 8.54. The lowest BCUT2D eigenvalue weighted by Gasteiger charge is -2.14. The average molecular weight is 370 g/mol. The number of aromatic nitrogens is 2. The molecule has 0 radical (unpaired) electrons. The SMILES string of the molecule is CO/N=C(\c1ccccc1COc1ccc(Cl)cc1C)c1nccn1C. The Morgan fingerprint density at radius 2 is 2.04 bits per heavy atom. The second-order valence-corrected chi connectivity index (χ2v) is 6.28. The molecule has 2 aromatic carbocycles. The molecule has 0 saturated heterocycles. The smallest absolute Gasteiger partial charge is 0.162 e. The summed E-state index contributed by atoms with van der Waals surface area (Å²) >= 11 is 6.01. The van der Waals surface area contributed by atoms with Crippen molar-refractivity contribution in [3.8, 4) is 5.75 Å². The molecule has 3 aromatic rings. The van der Waals surface area contributed by atoms with Crippen molar-refractivity contribution in [2.75, 3.05) is 7.11 Å². The number of rotatable bonds is 6. The summed E-state index contributed by atoms with van der Waals surface area (Å²) in [6.45, 7) is 2.37. The van der Waals surface area contributed by atoms with Gasteiger partial charge in [0.05, 0.1) is 0 Å². The van der Waals surface area contributed by atoms with Crippen molar-refractivity contribution in [1.82, 2.24) is 9.55 Å². The van der Waals surface area contributed by atoms with Crippen LogP contribution in [0.15, 0.2) is 60.0 Å². The van der Waals surface area contributed by atoms with Gasteiger partial charge < -0.3 is 14.1 Å². The molecule has 1 heterocycles. The van der Waals surface area contributed by atoms with E-state index in [1.54, 1.807) is 6.20 Å². The molecule has 26 heavy (non-hydrogen) atoms. The molecule has 0 amide bonds. The van der Waals surface area contributed by atoms with Gasteiger partial charge in [-0.15, -0.1) is 0 Å². The Hall–Kier alpha value is -2.79. The second kappa shape index (κ2) is 8.06. The van der Waals surface area contributed by atoms with Crippen LogP contribution in [0.2, 0.25) is 5.02 Å². The van der Waals surface area contributed by atoms with Crippen LogP contribution in [0.3, 0.4) is 0 Å². The average Bonchev–Trinajstić information content (AvgIpc) is 3.05. The van der Waals surface area contributed by atoms with E-state index in [-0.39, 0.29) is 0 Å². The fourth-order valence-electron chi connectivity index (χ4n) is 2.70. The van der Waals surface area contributed by atoms with Gasteiger partial charge in [-0.3, -0.25) is 0 Å². The topological polar surface area (TPSA) is 48.6 Å². The summed E-state index contributed by atoms with van der Waals surface area (Å²) in [5, 5.41) is 4.90. The monoisotopic (exact) mass is 369 g/mol. The van der Waals surface area contributed by atoms with Crippen molar-refractivity contribution < 1.29 is 9.57 Å². The molecule has 3 rings (SSSR count). The number of hydrogen-bond donors (Lipinski definition) is 0. The summed E-state index contributed by atoms with van der Waals surface area (Å²) in [6, 6.07) is 13.5. The highest BCUT2D eigenvalue weighted by atomic mass is 35.5. The summed E-state index contributed by atoms with van der Waals surface area (Å²) in [5.41, 5.74) is 3.55. The van der Waals surface area contributed by atoms with Gasteiger partial charge >= 0.3 is 0 Å². The zero-order valence-electron chi connectivity index (χ0n) is 14.9. The number of aryl methyl sites for hydroxylation is 2. The molecule has 0 aliphatic rings. The molecule has 0 fully saturated rings. The Morgan fingerprint density at radius 3 is 2.73 bits per heavy atom. The van der Waals surface area contributed by atoms with Crippen molar-refractivity contribution in [1.29, 1.82) is 0 Å². The number of nitrogens with zero attached hydrogens (tertiary/aromatic N) is 3. The van der Waals surface area contributed by atoms with Gasteiger partial charge in [0.1, 0.15) is 19.5 Å². The maximum Gasteiger partial charge on any atom is 0.162 e. The minimum absolute atomic E-state index is 0.395. The minimum Gasteiger partial charge on any atom is -0.489 e. The highest BCUT2D eigenvalue weighted by molar-refractivity contribution is 6.30. The number of imidazole rings is 1. The van der Waals surface area contributed by atoms with Crippen molar-refractivity contribution in [3.05, 3.63) is 82.4 Å². The zero-order chi connectivity index (χ0) is 18.5. The third-order valence-corrected chi connectivity index (χ3v) is 4.24. The van der Waals surface area contributed by atoms with E-state index in [9.17, 15) is 0 Å². The van der Waals surface area contributed by atoms with Crippen LogP contribution in [0.1, 0.15) is 22.5 Å². The van der Waals surface area contributed by atoms with Crippen molar-refractivity contribution >= 4 is 17.3 Å². The van der Waals surface area contributed by atoms with Crippen LogP contribution in [0.4, 0.5) is 0 Å². The Labute approximate surface area is 157 Å². The Morgan fingerprint density at radius 1 is 1.23 bits per heavy atom. The van der Waals surface area contributed by atoms with Crippen LogP contribution in [-0.2, 0) is 18.5 Å². The van der Waals surface area contributed by atoms with E-state index in [0.717, 1.165) is 28.3 Å². The van der Waals surface area contributed by atoms with E-state index in [1.807, 2.05) is 67.2 Å². The molecule has 6 heteroatoms. The molecule has 0 bridgehead atoms. The zero-order valence-corrected chi connectivity index (χ0v) is 15.7. The molecule has 0 spiro atoms. The molecule has 5 nitrogen and oxygen atoms in total. The van der Waals surface area contributed by atoms with Crippen molar-refractivity contribution in [2.45, 2.75) is 13.5 Å². The summed E-state index contributed by atoms with van der Waals surface area (Å²) in [6.07, 6.45) is 3.60. The number of benzene rings is 2. The first-order valence-electron chi connectivity index (χ1n) is 8.16. The molecular formula is C20H20ClN3O2. The molecule has 0 saturated carbocycles. The van der Waals surface area contributed by atoms with E-state index in [2.05, 4.69) is 10.1 Å². The molecule has 0 aliphatic carbocycles. The van der Waals surface area contributed by atoms with Crippen LogP contribution in [0.5, 0.6) is 5.75 Å². The third kappa shape index (κ3) is 3.89. The molecule has 1 aromatic heterocycles. The number of oxime groups is 1. The Balaban J connectivity index is 1.92. The Kier molecular flexibility index (Phi) is 5.58. The standard InChI is InChI=1S/C20H20ClN3O2/c1-14-12-16(21)8-9-18(14)26-13-15-6-4-5-7-17(15)19(23-25-3)20-22-10-11-24(20)2/h4-12H,13H2,1-3H3/b23-19+. The lowest BCUT2D eigenvalue weighted by molar-refractivity contribution is 0.213. The van der Waals surface area contributed by atoms with Gasteiger partial charge in [0, 0.05) is 30.0 Å². The Bertz CT molecular complexity index is 934. The minimum atomic E-state index is 0.395. The fraction of sp³-hybridized carbons (Fsp3) is 0.200. The highest BCUT2D eigenvalue weighted by Crippen LogP contribution is 2.24. The van der Waals surface area contributed by atoms with Gasteiger partial charge in [-0.1, -0.05) is 41.0 Å². The quantitative estimate of drug-likeness (QED) is 0.479. The van der Waals surface area contributed by atoms with Crippen molar-refractivity contribution in [3.63, 3.8) is 0 Å². The third-order valence-electron chi connectivity index (χ3n) is 4.01. The van der Waals surface area contributed by atoms with Crippen LogP contribution in [0.25, 0.3) is 0 Å². The molecule has 0 atom stereocenters. The van der Waals surface area contributed by atoms with E-state index >= 15 is 0 Å². The van der Waals surface area contributed by atoms with Gasteiger partial charge in [0.15, 0.2) is 11.5 Å². The molecule has 0 N–H and O–H groups in total. The predicted molar refractivity (Wildman–Crippen MR) is 103 cm³/mol. The maximum atomic E-state index is 6.01. The largest absolute Gasteiger partial charge is 0.489 e. The first-order chi connectivity index (χ1) is 12.6. The van der Waals surface area contributed by atoms with E-state index in [0.29, 0.717) is 17.3 Å². The lowest BCUT2D eigenvalue weighted by Crippen LogP contribution is -2.14. The van der Waals surface area contributed by atoms with Gasteiger partial charge in [-0.05, 0) is 36.2 Å². The van der Waals surface area contributed by atoms with Crippen LogP contribution in [0, 0.1) is 6.92 Å². The summed E-state index contributed by atoms with van der Waals surface area (Å²) < 4.78 is 7.91. The molecule has 0 aliphatic heterocycles. The lowest BCUT2D eigenvalue weighted by atomic mass is 10.0. The molecular weight excluding hydrogens is 350 g/mol. The number of ether oxygens (including phenoxy) is 1. The normalized spacial score (nSPS) is 11.5. The van der Waals surface area contributed by atoms with E-state index < -0.39 is 0 Å². The fourth-order valence-corrected chi connectivity index (χ4v) is 2.93. The van der Waals surface area contributed by atoms with Crippen molar-refractivity contribution in [2.24, 2.45) is 12.2 Å². The molecule has 0 unspecified atom stereocenters. The van der Waals surface area contributed by atoms with Gasteiger partial charge in [0.25, 0.3) is 0 Å². The van der Waals surface area contributed by atoms with Gasteiger partial charge in [-0.25, -0.2) is 4.98 Å². The summed E-state index contributed by atoms with van der Waals surface area (Å²) in [4.78, 5) is 9.46. The maximum absolute atomic E-state index is 6.01. The summed E-state index contributed by atoms with van der Waals surface area (Å²) in [5.74, 6) is 1.52. The van der Waals surface area contributed by atoms with E-state index in [1.165, 1.54) is 7.11 Å². The predicted octanol–water partition coefficient (Wildman–Crippen LogP) is 4.36. The number of halogens is 1. The first kappa shape index (κ1) is 18.0.